The largest absolute Gasteiger partial charge is 0.497 e. The third-order valence-electron chi connectivity index (χ3n) is 3.90. The van der Waals surface area contributed by atoms with Crippen LogP contribution in [0.4, 0.5) is 0 Å². The predicted octanol–water partition coefficient (Wildman–Crippen LogP) is 2.96. The van der Waals surface area contributed by atoms with E-state index in [9.17, 15) is 4.79 Å². The number of aromatic nitrogens is 1. The van der Waals surface area contributed by atoms with Gasteiger partial charge in [0.25, 0.3) is 5.91 Å². The van der Waals surface area contributed by atoms with E-state index in [0.717, 1.165) is 16.7 Å². The van der Waals surface area contributed by atoms with Crippen LogP contribution in [0.5, 0.6) is 17.2 Å². The molecular formula is C19H19N3O4. The van der Waals surface area contributed by atoms with Crippen molar-refractivity contribution in [2.45, 2.75) is 0 Å². The maximum absolute atomic E-state index is 12.3. The SMILES string of the molecule is COc1ccc(/C=N/NC(=O)c2cc3c(OC)ccc(OC)c3[nH]2)cc1. The second-order valence-corrected chi connectivity index (χ2v) is 5.41. The molecule has 3 aromatic rings. The number of fused-ring (bicyclic) bond motifs is 1. The first-order valence-corrected chi connectivity index (χ1v) is 7.87. The minimum absolute atomic E-state index is 0.356. The lowest BCUT2D eigenvalue weighted by molar-refractivity contribution is 0.0951. The van der Waals surface area contributed by atoms with E-state index in [1.807, 2.05) is 24.3 Å². The molecule has 26 heavy (non-hydrogen) atoms. The van der Waals surface area contributed by atoms with Crippen molar-refractivity contribution in [3.63, 3.8) is 0 Å². The summed E-state index contributed by atoms with van der Waals surface area (Å²) < 4.78 is 15.7. The summed E-state index contributed by atoms with van der Waals surface area (Å²) in [5, 5.41) is 4.74. The van der Waals surface area contributed by atoms with Gasteiger partial charge in [-0.15, -0.1) is 0 Å². The fourth-order valence-electron chi connectivity index (χ4n) is 2.55. The van der Waals surface area contributed by atoms with E-state index >= 15 is 0 Å². The van der Waals surface area contributed by atoms with Crippen LogP contribution in [0.15, 0.2) is 47.6 Å². The molecule has 0 aliphatic heterocycles. The first kappa shape index (κ1) is 17.3. The number of benzene rings is 2. The topological polar surface area (TPSA) is 84.9 Å². The Morgan fingerprint density at radius 1 is 1.00 bits per heavy atom. The van der Waals surface area contributed by atoms with Crippen molar-refractivity contribution in [1.29, 1.82) is 0 Å². The standard InChI is InChI=1S/C19H19N3O4/c1-24-13-6-4-12(5-7-13)11-20-22-19(23)15-10-14-16(25-2)8-9-17(26-3)18(14)21-15/h4-11,21H,1-3H3,(H,22,23)/b20-11+. The molecule has 0 atom stereocenters. The summed E-state index contributed by atoms with van der Waals surface area (Å²) >= 11 is 0. The minimum atomic E-state index is -0.366. The van der Waals surface area contributed by atoms with Crippen LogP contribution >= 0.6 is 0 Å². The van der Waals surface area contributed by atoms with E-state index in [0.29, 0.717) is 22.7 Å². The van der Waals surface area contributed by atoms with Crippen LogP contribution in [0.25, 0.3) is 10.9 Å². The van der Waals surface area contributed by atoms with Gasteiger partial charge in [-0.1, -0.05) is 0 Å². The van der Waals surface area contributed by atoms with Gasteiger partial charge in [-0.05, 0) is 48.0 Å². The van der Waals surface area contributed by atoms with Gasteiger partial charge in [0.1, 0.15) is 22.9 Å². The van der Waals surface area contributed by atoms with Crippen LogP contribution in [0.1, 0.15) is 16.1 Å². The van der Waals surface area contributed by atoms with Gasteiger partial charge in [0.2, 0.25) is 0 Å². The molecule has 1 amide bonds. The first-order valence-electron chi connectivity index (χ1n) is 7.87. The zero-order valence-electron chi connectivity index (χ0n) is 14.7. The molecule has 0 bridgehead atoms. The lowest BCUT2D eigenvalue weighted by atomic mass is 10.2. The number of ether oxygens (including phenoxy) is 3. The molecular weight excluding hydrogens is 334 g/mol. The third-order valence-corrected chi connectivity index (χ3v) is 3.90. The molecule has 7 nitrogen and oxygen atoms in total. The average Bonchev–Trinajstić information content (AvgIpc) is 3.13. The Hall–Kier alpha value is -3.48. The number of amides is 1. The van der Waals surface area contributed by atoms with E-state index in [4.69, 9.17) is 14.2 Å². The Bertz CT molecular complexity index is 904. The number of H-pyrrole nitrogens is 1. The van der Waals surface area contributed by atoms with Crippen molar-refractivity contribution in [3.8, 4) is 17.2 Å². The highest BCUT2D eigenvalue weighted by Crippen LogP contribution is 2.33. The lowest BCUT2D eigenvalue weighted by Gasteiger charge is -2.05. The van der Waals surface area contributed by atoms with Gasteiger partial charge in [-0.2, -0.15) is 5.10 Å². The van der Waals surface area contributed by atoms with E-state index in [1.165, 1.54) is 0 Å². The number of hydrogen-bond acceptors (Lipinski definition) is 5. The van der Waals surface area contributed by atoms with Crippen molar-refractivity contribution in [3.05, 3.63) is 53.7 Å². The van der Waals surface area contributed by atoms with Gasteiger partial charge in [0, 0.05) is 5.39 Å². The molecule has 0 radical (unpaired) electrons. The summed E-state index contributed by atoms with van der Waals surface area (Å²) in [6, 6.07) is 12.6. The number of aromatic amines is 1. The van der Waals surface area contributed by atoms with Gasteiger partial charge in [0.05, 0.1) is 33.1 Å². The number of carbonyl (C=O) groups excluding carboxylic acids is 1. The third kappa shape index (κ3) is 3.46. The predicted molar refractivity (Wildman–Crippen MR) is 99.5 cm³/mol. The van der Waals surface area contributed by atoms with Crippen molar-refractivity contribution in [2.75, 3.05) is 21.3 Å². The van der Waals surface area contributed by atoms with Crippen molar-refractivity contribution >= 4 is 23.0 Å². The van der Waals surface area contributed by atoms with E-state index in [1.54, 1.807) is 45.7 Å². The Morgan fingerprint density at radius 2 is 1.69 bits per heavy atom. The van der Waals surface area contributed by atoms with Crippen LogP contribution in [0.3, 0.4) is 0 Å². The van der Waals surface area contributed by atoms with Crippen molar-refractivity contribution < 1.29 is 19.0 Å². The van der Waals surface area contributed by atoms with Crippen LogP contribution in [-0.4, -0.2) is 38.4 Å². The smallest absolute Gasteiger partial charge is 0.287 e. The molecule has 0 unspecified atom stereocenters. The van der Waals surface area contributed by atoms with Crippen LogP contribution in [0, 0.1) is 0 Å². The lowest BCUT2D eigenvalue weighted by Crippen LogP contribution is -2.17. The molecule has 1 heterocycles. The Morgan fingerprint density at radius 3 is 2.35 bits per heavy atom. The van der Waals surface area contributed by atoms with Crippen LogP contribution < -0.4 is 19.6 Å². The number of hydrazone groups is 1. The quantitative estimate of drug-likeness (QED) is 0.527. The summed E-state index contributed by atoms with van der Waals surface area (Å²) in [4.78, 5) is 15.4. The van der Waals surface area contributed by atoms with Gasteiger partial charge in [0.15, 0.2) is 0 Å². The van der Waals surface area contributed by atoms with E-state index in [2.05, 4.69) is 15.5 Å². The minimum Gasteiger partial charge on any atom is -0.497 e. The zero-order valence-corrected chi connectivity index (χ0v) is 14.7. The molecule has 7 heteroatoms. The normalized spacial score (nSPS) is 10.9. The molecule has 2 aromatic carbocycles. The molecule has 0 saturated heterocycles. The van der Waals surface area contributed by atoms with Gasteiger partial charge >= 0.3 is 0 Å². The summed E-state index contributed by atoms with van der Waals surface area (Å²) in [5.41, 5.74) is 4.38. The average molecular weight is 353 g/mol. The van der Waals surface area contributed by atoms with Gasteiger partial charge < -0.3 is 19.2 Å². The summed E-state index contributed by atoms with van der Waals surface area (Å²) in [6.07, 6.45) is 1.56. The zero-order chi connectivity index (χ0) is 18.5. The van der Waals surface area contributed by atoms with Gasteiger partial charge in [-0.3, -0.25) is 4.79 Å². The molecule has 0 aliphatic rings. The molecule has 3 rings (SSSR count). The molecule has 2 N–H and O–H groups in total. The number of methoxy groups -OCH3 is 3. The van der Waals surface area contributed by atoms with E-state index in [-0.39, 0.29) is 5.91 Å². The van der Waals surface area contributed by atoms with E-state index < -0.39 is 0 Å². The molecule has 0 fully saturated rings. The second kappa shape index (κ2) is 7.60. The van der Waals surface area contributed by atoms with Crippen molar-refractivity contribution in [2.24, 2.45) is 5.10 Å². The highest BCUT2D eigenvalue weighted by Gasteiger charge is 2.15. The maximum atomic E-state index is 12.3. The second-order valence-electron chi connectivity index (χ2n) is 5.41. The summed E-state index contributed by atoms with van der Waals surface area (Å²) in [5.74, 6) is 1.67. The first-order chi connectivity index (χ1) is 12.7. The molecule has 134 valence electrons. The Balaban J connectivity index is 1.78. The van der Waals surface area contributed by atoms with Crippen molar-refractivity contribution in [1.82, 2.24) is 10.4 Å². The maximum Gasteiger partial charge on any atom is 0.287 e. The molecule has 1 aromatic heterocycles. The molecule has 0 aliphatic carbocycles. The fourth-order valence-corrected chi connectivity index (χ4v) is 2.55. The highest BCUT2D eigenvalue weighted by molar-refractivity contribution is 6.01. The number of nitrogens with one attached hydrogen (secondary N) is 2. The van der Waals surface area contributed by atoms with Crippen LogP contribution in [-0.2, 0) is 0 Å². The Labute approximate surface area is 150 Å². The Kier molecular flexibility index (Phi) is 5.07. The monoisotopic (exact) mass is 353 g/mol. The highest BCUT2D eigenvalue weighted by atomic mass is 16.5. The van der Waals surface area contributed by atoms with Gasteiger partial charge in [-0.25, -0.2) is 5.43 Å². The number of rotatable bonds is 6. The number of nitrogens with zero attached hydrogens (tertiary/aromatic N) is 1. The summed E-state index contributed by atoms with van der Waals surface area (Å²) in [7, 11) is 4.75. The number of carbonyl (C=O) groups is 1. The summed E-state index contributed by atoms with van der Waals surface area (Å²) in [6.45, 7) is 0. The van der Waals surface area contributed by atoms with Crippen LogP contribution in [0.2, 0.25) is 0 Å². The molecule has 0 spiro atoms. The number of hydrogen-bond donors (Lipinski definition) is 2. The molecule has 0 saturated carbocycles. The fraction of sp³-hybridized carbons (Fsp3) is 0.158.